The average molecular weight is 238 g/mol. The molecule has 0 spiro atoms. The van der Waals surface area contributed by atoms with Crippen LogP contribution in [0, 0.1) is 5.92 Å². The van der Waals surface area contributed by atoms with Crippen LogP contribution in [0.25, 0.3) is 0 Å². The first-order valence-corrected chi connectivity index (χ1v) is 6.97. The second kappa shape index (κ2) is 4.67. The van der Waals surface area contributed by atoms with Gasteiger partial charge in [-0.05, 0) is 44.7 Å². The lowest BCUT2D eigenvalue weighted by molar-refractivity contribution is 0.390. The van der Waals surface area contributed by atoms with Gasteiger partial charge in [0.25, 0.3) is 0 Å². The van der Waals surface area contributed by atoms with E-state index in [4.69, 9.17) is 0 Å². The maximum Gasteiger partial charge on any atom is 0.202 e. The lowest BCUT2D eigenvalue weighted by Crippen LogP contribution is -2.31. The third-order valence-corrected chi connectivity index (χ3v) is 4.07. The van der Waals surface area contributed by atoms with Gasteiger partial charge in [0, 0.05) is 24.0 Å². The summed E-state index contributed by atoms with van der Waals surface area (Å²) >= 11 is 1.52. The predicted octanol–water partition coefficient (Wildman–Crippen LogP) is 1.83. The van der Waals surface area contributed by atoms with Crippen LogP contribution in [0.2, 0.25) is 0 Å². The Morgan fingerprint density at radius 1 is 1.25 bits per heavy atom. The molecular formula is C11H18N4S. The molecule has 2 heterocycles. The fourth-order valence-corrected chi connectivity index (χ4v) is 2.78. The van der Waals surface area contributed by atoms with Gasteiger partial charge < -0.3 is 10.6 Å². The van der Waals surface area contributed by atoms with Gasteiger partial charge in [-0.1, -0.05) is 0 Å². The van der Waals surface area contributed by atoms with Gasteiger partial charge in [-0.25, -0.2) is 4.98 Å². The van der Waals surface area contributed by atoms with Gasteiger partial charge in [-0.3, -0.25) is 0 Å². The van der Waals surface area contributed by atoms with E-state index in [0.717, 1.165) is 36.5 Å². The van der Waals surface area contributed by atoms with Crippen molar-refractivity contribution in [1.29, 1.82) is 0 Å². The standard InChI is InChI=1S/C11H18N4S/c1-2-9(1)10-14-11(16-15-10)13-7-8-3-5-12-6-4-8/h8-9,12H,1-7H2,(H,13,14,15). The van der Waals surface area contributed by atoms with E-state index in [1.54, 1.807) is 0 Å². The minimum absolute atomic E-state index is 0.672. The van der Waals surface area contributed by atoms with Gasteiger partial charge in [0.2, 0.25) is 5.13 Å². The first kappa shape index (κ1) is 10.5. The second-order valence-corrected chi connectivity index (χ2v) is 5.56. The molecule has 88 valence electrons. The molecule has 0 aromatic carbocycles. The molecule has 16 heavy (non-hydrogen) atoms. The third kappa shape index (κ3) is 2.52. The molecule has 0 bridgehead atoms. The Kier molecular flexibility index (Phi) is 3.06. The van der Waals surface area contributed by atoms with Crippen LogP contribution in [0.1, 0.15) is 37.4 Å². The van der Waals surface area contributed by atoms with E-state index in [0.29, 0.717) is 5.92 Å². The highest BCUT2D eigenvalue weighted by molar-refractivity contribution is 7.09. The van der Waals surface area contributed by atoms with Crippen molar-refractivity contribution in [3.8, 4) is 0 Å². The van der Waals surface area contributed by atoms with E-state index >= 15 is 0 Å². The molecule has 2 aliphatic rings. The van der Waals surface area contributed by atoms with Crippen LogP contribution in [0.15, 0.2) is 0 Å². The number of rotatable bonds is 4. The van der Waals surface area contributed by atoms with Gasteiger partial charge in [0.05, 0.1) is 0 Å². The molecule has 1 saturated heterocycles. The number of hydrogen-bond donors (Lipinski definition) is 2. The molecule has 3 rings (SSSR count). The SMILES string of the molecule is C1CC(CNc2nc(C3CC3)ns2)CCN1. The molecule has 5 heteroatoms. The van der Waals surface area contributed by atoms with Crippen LogP contribution in [0.3, 0.4) is 0 Å². The Morgan fingerprint density at radius 3 is 2.81 bits per heavy atom. The summed E-state index contributed by atoms with van der Waals surface area (Å²) in [4.78, 5) is 4.54. The summed E-state index contributed by atoms with van der Waals surface area (Å²) in [7, 11) is 0. The molecule has 0 atom stereocenters. The van der Waals surface area contributed by atoms with Crippen molar-refractivity contribution in [3.05, 3.63) is 5.82 Å². The first-order valence-electron chi connectivity index (χ1n) is 6.20. The summed E-state index contributed by atoms with van der Waals surface area (Å²) in [5, 5.41) is 7.84. The Hall–Kier alpha value is -0.680. The molecule has 4 nitrogen and oxygen atoms in total. The summed E-state index contributed by atoms with van der Waals surface area (Å²) in [6.07, 6.45) is 5.12. The van der Waals surface area contributed by atoms with Gasteiger partial charge in [0.15, 0.2) is 0 Å². The highest BCUT2D eigenvalue weighted by Gasteiger charge is 2.27. The molecule has 0 amide bonds. The zero-order chi connectivity index (χ0) is 10.8. The summed E-state index contributed by atoms with van der Waals surface area (Å²) in [5.74, 6) is 2.54. The minimum atomic E-state index is 0.672. The van der Waals surface area contributed by atoms with E-state index in [9.17, 15) is 0 Å². The zero-order valence-corrected chi connectivity index (χ0v) is 10.2. The molecule has 2 fully saturated rings. The highest BCUT2D eigenvalue weighted by Crippen LogP contribution is 2.39. The highest BCUT2D eigenvalue weighted by atomic mass is 32.1. The van der Waals surface area contributed by atoms with Crippen molar-refractivity contribution in [1.82, 2.24) is 14.7 Å². The predicted molar refractivity (Wildman–Crippen MR) is 66.0 cm³/mol. The first-order chi connectivity index (χ1) is 7.92. The molecule has 1 saturated carbocycles. The topological polar surface area (TPSA) is 49.8 Å². The average Bonchev–Trinajstić information content (AvgIpc) is 3.08. The number of hydrogen-bond acceptors (Lipinski definition) is 5. The van der Waals surface area contributed by atoms with Crippen LogP contribution in [-0.2, 0) is 0 Å². The number of anilines is 1. The van der Waals surface area contributed by atoms with E-state index in [1.807, 2.05) is 0 Å². The van der Waals surface area contributed by atoms with Crippen molar-refractivity contribution in [2.45, 2.75) is 31.6 Å². The maximum atomic E-state index is 4.54. The number of piperidine rings is 1. The van der Waals surface area contributed by atoms with Crippen molar-refractivity contribution in [2.75, 3.05) is 25.0 Å². The van der Waals surface area contributed by atoms with Gasteiger partial charge >= 0.3 is 0 Å². The number of nitrogens with one attached hydrogen (secondary N) is 2. The smallest absolute Gasteiger partial charge is 0.202 e. The lowest BCUT2D eigenvalue weighted by atomic mass is 9.98. The normalized spacial score (nSPS) is 22.2. The molecule has 1 aliphatic heterocycles. The van der Waals surface area contributed by atoms with Crippen LogP contribution in [0.5, 0.6) is 0 Å². The van der Waals surface area contributed by atoms with Gasteiger partial charge in [-0.2, -0.15) is 4.37 Å². The molecule has 1 aromatic rings. The summed E-state index contributed by atoms with van der Waals surface area (Å²) < 4.78 is 4.40. The van der Waals surface area contributed by atoms with E-state index in [1.165, 1.54) is 37.2 Å². The van der Waals surface area contributed by atoms with E-state index in [-0.39, 0.29) is 0 Å². The molecular weight excluding hydrogens is 220 g/mol. The number of aromatic nitrogens is 2. The van der Waals surface area contributed by atoms with Crippen LogP contribution >= 0.6 is 11.5 Å². The molecule has 1 aliphatic carbocycles. The quantitative estimate of drug-likeness (QED) is 0.840. The minimum Gasteiger partial charge on any atom is -0.360 e. The Labute approximate surface area is 100 Å². The van der Waals surface area contributed by atoms with Crippen molar-refractivity contribution >= 4 is 16.7 Å². The third-order valence-electron chi connectivity index (χ3n) is 3.38. The van der Waals surface area contributed by atoms with Crippen molar-refractivity contribution in [3.63, 3.8) is 0 Å². The van der Waals surface area contributed by atoms with Crippen LogP contribution in [-0.4, -0.2) is 29.0 Å². The summed E-state index contributed by atoms with van der Waals surface area (Å²) in [6, 6.07) is 0. The van der Waals surface area contributed by atoms with E-state index in [2.05, 4.69) is 20.0 Å². The maximum absolute atomic E-state index is 4.54. The fourth-order valence-electron chi connectivity index (χ4n) is 2.13. The fraction of sp³-hybridized carbons (Fsp3) is 0.818. The monoisotopic (exact) mass is 238 g/mol. The Morgan fingerprint density at radius 2 is 2.06 bits per heavy atom. The lowest BCUT2D eigenvalue weighted by Gasteiger charge is -2.22. The van der Waals surface area contributed by atoms with Crippen molar-refractivity contribution < 1.29 is 0 Å². The van der Waals surface area contributed by atoms with Crippen molar-refractivity contribution in [2.24, 2.45) is 5.92 Å². The molecule has 2 N–H and O–H groups in total. The van der Waals surface area contributed by atoms with E-state index < -0.39 is 0 Å². The number of nitrogens with zero attached hydrogens (tertiary/aromatic N) is 2. The molecule has 0 unspecified atom stereocenters. The molecule has 0 radical (unpaired) electrons. The van der Waals surface area contributed by atoms with Crippen LogP contribution < -0.4 is 10.6 Å². The Bertz CT molecular complexity index is 342. The Balaban J connectivity index is 1.49. The van der Waals surface area contributed by atoms with Gasteiger partial charge in [0.1, 0.15) is 5.82 Å². The second-order valence-electron chi connectivity index (χ2n) is 4.81. The largest absolute Gasteiger partial charge is 0.360 e. The van der Waals surface area contributed by atoms with Gasteiger partial charge in [-0.15, -0.1) is 0 Å². The summed E-state index contributed by atoms with van der Waals surface area (Å²) in [6.45, 7) is 3.38. The summed E-state index contributed by atoms with van der Waals surface area (Å²) in [5.41, 5.74) is 0. The molecule has 1 aromatic heterocycles. The van der Waals surface area contributed by atoms with Crippen LogP contribution in [0.4, 0.5) is 5.13 Å². The zero-order valence-electron chi connectivity index (χ0n) is 9.41.